The molecular weight excluding hydrogens is 290 g/mol. The van der Waals surface area contributed by atoms with Crippen LogP contribution >= 0.6 is 15.9 Å². The maximum Gasteiger partial charge on any atom is 0.231 e. The summed E-state index contributed by atoms with van der Waals surface area (Å²) in [4.78, 5) is 13.7. The highest BCUT2D eigenvalue weighted by molar-refractivity contribution is 9.09. The molecule has 1 aliphatic rings. The van der Waals surface area contributed by atoms with Crippen LogP contribution < -0.4 is 4.90 Å². The Morgan fingerprint density at radius 3 is 2.72 bits per heavy atom. The largest absolute Gasteiger partial charge is 0.315 e. The van der Waals surface area contributed by atoms with E-state index in [1.54, 1.807) is 4.90 Å². The van der Waals surface area contributed by atoms with Gasteiger partial charge in [-0.05, 0) is 29.0 Å². The molecule has 1 amide bonds. The second kappa shape index (κ2) is 4.69. The van der Waals surface area contributed by atoms with Gasteiger partial charge in [0.2, 0.25) is 5.91 Å². The number of halogens is 1. The molecule has 0 fully saturated rings. The predicted octanol–water partition coefficient (Wildman–Crippen LogP) is 4.08. The van der Waals surface area contributed by atoms with Crippen LogP contribution in [0.15, 0.2) is 18.2 Å². The van der Waals surface area contributed by atoms with E-state index >= 15 is 0 Å². The van der Waals surface area contributed by atoms with Crippen LogP contribution in [-0.2, 0) is 11.2 Å². The third-order valence-corrected chi connectivity index (χ3v) is 5.84. The van der Waals surface area contributed by atoms with E-state index in [1.165, 1.54) is 5.56 Å². The van der Waals surface area contributed by atoms with Gasteiger partial charge in [-0.25, -0.2) is 0 Å². The van der Waals surface area contributed by atoms with Crippen molar-refractivity contribution in [2.24, 2.45) is 5.41 Å². The van der Waals surface area contributed by atoms with Gasteiger partial charge in [0, 0.05) is 17.6 Å². The molecule has 1 aliphatic heterocycles. The maximum atomic E-state index is 11.7. The zero-order valence-electron chi connectivity index (χ0n) is 11.5. The summed E-state index contributed by atoms with van der Waals surface area (Å²) in [6, 6.07) is 6.37. The van der Waals surface area contributed by atoms with E-state index in [4.69, 9.17) is 0 Å². The van der Waals surface area contributed by atoms with E-state index in [0.29, 0.717) is 11.2 Å². The Balaban J connectivity index is 2.34. The summed E-state index contributed by atoms with van der Waals surface area (Å²) in [5.74, 6) is 0.183. The monoisotopic (exact) mass is 309 g/mol. The summed E-state index contributed by atoms with van der Waals surface area (Å²) in [5, 5.41) is 0. The predicted molar refractivity (Wildman–Crippen MR) is 79.3 cm³/mol. The Labute approximate surface area is 117 Å². The van der Waals surface area contributed by atoms with Crippen molar-refractivity contribution in [3.05, 3.63) is 29.3 Å². The lowest BCUT2D eigenvalue weighted by atomic mass is 9.83. The second-order valence-electron chi connectivity index (χ2n) is 5.72. The first-order valence-corrected chi connectivity index (χ1v) is 7.32. The fourth-order valence-electron chi connectivity index (χ4n) is 2.28. The van der Waals surface area contributed by atoms with Crippen molar-refractivity contribution in [2.75, 3.05) is 11.9 Å². The van der Waals surface area contributed by atoms with Crippen LogP contribution in [0.1, 0.15) is 43.1 Å². The molecule has 0 aliphatic carbocycles. The molecule has 1 unspecified atom stereocenters. The van der Waals surface area contributed by atoms with Crippen LogP contribution in [0, 0.1) is 5.41 Å². The van der Waals surface area contributed by atoms with Gasteiger partial charge < -0.3 is 4.90 Å². The number of amides is 1. The molecule has 1 heterocycles. The second-order valence-corrected chi connectivity index (χ2v) is 6.64. The van der Waals surface area contributed by atoms with Crippen LogP contribution in [-0.4, -0.2) is 13.0 Å². The molecule has 3 heteroatoms. The van der Waals surface area contributed by atoms with E-state index in [-0.39, 0.29) is 11.3 Å². The van der Waals surface area contributed by atoms with Crippen molar-refractivity contribution in [3.63, 3.8) is 0 Å². The average Bonchev–Trinajstić information content (AvgIpc) is 2.63. The van der Waals surface area contributed by atoms with Crippen molar-refractivity contribution in [2.45, 2.75) is 38.4 Å². The lowest BCUT2D eigenvalue weighted by molar-refractivity contribution is -0.117. The molecule has 0 saturated carbocycles. The Morgan fingerprint density at radius 1 is 1.44 bits per heavy atom. The van der Waals surface area contributed by atoms with Crippen molar-refractivity contribution in [3.8, 4) is 0 Å². The Morgan fingerprint density at radius 2 is 2.11 bits per heavy atom. The molecule has 1 aromatic carbocycles. The van der Waals surface area contributed by atoms with E-state index in [9.17, 15) is 4.79 Å². The Kier molecular flexibility index (Phi) is 3.54. The van der Waals surface area contributed by atoms with Gasteiger partial charge in [-0.15, -0.1) is 0 Å². The minimum Gasteiger partial charge on any atom is -0.315 e. The van der Waals surface area contributed by atoms with E-state index in [2.05, 4.69) is 54.9 Å². The fraction of sp³-hybridized carbons (Fsp3) is 0.533. The third kappa shape index (κ3) is 2.20. The topological polar surface area (TPSA) is 20.3 Å². The van der Waals surface area contributed by atoms with E-state index in [1.807, 2.05) is 7.05 Å². The number of carbonyl (C=O) groups excluding carboxylic acids is 1. The molecule has 98 valence electrons. The molecule has 18 heavy (non-hydrogen) atoms. The Hall–Kier alpha value is -0.830. The molecule has 1 atom stereocenters. The first-order chi connectivity index (χ1) is 8.36. The van der Waals surface area contributed by atoms with Gasteiger partial charge in [-0.1, -0.05) is 48.8 Å². The molecule has 1 aromatic rings. The normalized spacial score (nSPS) is 16.9. The highest BCUT2D eigenvalue weighted by atomic mass is 79.9. The number of hydrogen-bond donors (Lipinski definition) is 0. The highest BCUT2D eigenvalue weighted by Crippen LogP contribution is 2.44. The van der Waals surface area contributed by atoms with Gasteiger partial charge in [-0.2, -0.15) is 0 Å². The van der Waals surface area contributed by atoms with Crippen LogP contribution in [0.5, 0.6) is 0 Å². The summed E-state index contributed by atoms with van der Waals surface area (Å²) in [5.41, 5.74) is 3.68. The van der Waals surface area contributed by atoms with Crippen molar-refractivity contribution in [1.29, 1.82) is 0 Å². The van der Waals surface area contributed by atoms with Crippen molar-refractivity contribution < 1.29 is 4.79 Å². The quantitative estimate of drug-likeness (QED) is 0.770. The molecular formula is C15H20BrNO. The zero-order chi connectivity index (χ0) is 13.5. The van der Waals surface area contributed by atoms with Crippen LogP contribution in [0.2, 0.25) is 0 Å². The summed E-state index contributed by atoms with van der Waals surface area (Å²) in [6.45, 7) is 6.73. The first kappa shape index (κ1) is 13.6. The van der Waals surface area contributed by atoms with Gasteiger partial charge in [0.05, 0.1) is 6.42 Å². The molecule has 0 aromatic heterocycles. The molecule has 0 radical (unpaired) electrons. The number of anilines is 1. The number of benzene rings is 1. The number of hydrogen-bond acceptors (Lipinski definition) is 1. The SMILES string of the molecule is CCC(C)(C)C(Br)c1ccc2c(c1)CC(=O)N2C. The smallest absolute Gasteiger partial charge is 0.231 e. The zero-order valence-corrected chi connectivity index (χ0v) is 13.0. The van der Waals surface area contributed by atoms with Gasteiger partial charge in [0.1, 0.15) is 0 Å². The van der Waals surface area contributed by atoms with Gasteiger partial charge in [0.15, 0.2) is 0 Å². The summed E-state index contributed by atoms with van der Waals surface area (Å²) in [6.07, 6.45) is 1.64. The standard InChI is InChI=1S/C15H20BrNO/c1-5-15(2,3)14(16)10-6-7-12-11(8-10)9-13(18)17(12)4/h6-8,14H,5,9H2,1-4H3. The highest BCUT2D eigenvalue weighted by Gasteiger charge is 2.29. The molecule has 0 bridgehead atoms. The van der Waals surface area contributed by atoms with Gasteiger partial charge in [0.25, 0.3) is 0 Å². The van der Waals surface area contributed by atoms with E-state index in [0.717, 1.165) is 17.7 Å². The Bertz CT molecular complexity index is 481. The summed E-state index contributed by atoms with van der Waals surface area (Å²) in [7, 11) is 1.84. The first-order valence-electron chi connectivity index (χ1n) is 6.40. The lowest BCUT2D eigenvalue weighted by Gasteiger charge is -2.29. The minimum atomic E-state index is 0.183. The minimum absolute atomic E-state index is 0.183. The summed E-state index contributed by atoms with van der Waals surface area (Å²) >= 11 is 3.81. The van der Waals surface area contributed by atoms with Crippen LogP contribution in [0.25, 0.3) is 0 Å². The molecule has 0 saturated heterocycles. The lowest BCUT2D eigenvalue weighted by Crippen LogP contribution is -2.20. The van der Waals surface area contributed by atoms with Crippen LogP contribution in [0.3, 0.4) is 0 Å². The average molecular weight is 310 g/mol. The van der Waals surface area contributed by atoms with Gasteiger partial charge >= 0.3 is 0 Å². The number of rotatable bonds is 3. The molecule has 2 rings (SSSR count). The maximum absolute atomic E-state index is 11.7. The third-order valence-electron chi connectivity index (χ3n) is 4.07. The van der Waals surface area contributed by atoms with E-state index < -0.39 is 0 Å². The molecule has 0 spiro atoms. The van der Waals surface area contributed by atoms with Crippen LogP contribution in [0.4, 0.5) is 5.69 Å². The number of alkyl halides is 1. The fourth-order valence-corrected chi connectivity index (χ4v) is 2.89. The number of fused-ring (bicyclic) bond motifs is 1. The number of likely N-dealkylation sites (N-methyl/N-ethyl adjacent to an activating group) is 1. The van der Waals surface area contributed by atoms with Gasteiger partial charge in [-0.3, -0.25) is 4.79 Å². The van der Waals surface area contributed by atoms with Crippen molar-refractivity contribution in [1.82, 2.24) is 0 Å². The number of nitrogens with zero attached hydrogens (tertiary/aromatic N) is 1. The van der Waals surface area contributed by atoms with Crippen molar-refractivity contribution >= 4 is 27.5 Å². The molecule has 0 N–H and O–H groups in total. The number of carbonyl (C=O) groups is 1. The molecule has 2 nitrogen and oxygen atoms in total. The summed E-state index contributed by atoms with van der Waals surface area (Å²) < 4.78 is 0.